The van der Waals surface area contributed by atoms with Crippen LogP contribution in [-0.2, 0) is 20.7 Å². The molecule has 0 aliphatic heterocycles. The lowest BCUT2D eigenvalue weighted by atomic mass is 10.1. The zero-order chi connectivity index (χ0) is 14.8. The summed E-state index contributed by atoms with van der Waals surface area (Å²) in [5.41, 5.74) is 1.10. The van der Waals surface area contributed by atoms with E-state index in [1.165, 1.54) is 0 Å². The van der Waals surface area contributed by atoms with E-state index in [9.17, 15) is 9.59 Å². The van der Waals surface area contributed by atoms with Gasteiger partial charge >= 0.3 is 12.1 Å². The molecule has 1 amide bonds. The van der Waals surface area contributed by atoms with Crippen LogP contribution in [0.5, 0.6) is 0 Å². The summed E-state index contributed by atoms with van der Waals surface area (Å²) >= 11 is 0. The highest BCUT2D eigenvalue weighted by Crippen LogP contribution is 2.06. The molecule has 1 aromatic carbocycles. The van der Waals surface area contributed by atoms with Crippen molar-refractivity contribution in [2.24, 2.45) is 0 Å². The van der Waals surface area contributed by atoms with Gasteiger partial charge < -0.3 is 14.8 Å². The lowest BCUT2D eigenvalue weighted by Crippen LogP contribution is -2.42. The van der Waals surface area contributed by atoms with Crippen LogP contribution in [0.15, 0.2) is 30.3 Å². The second-order valence-electron chi connectivity index (χ2n) is 4.19. The highest BCUT2D eigenvalue weighted by atomic mass is 16.6. The highest BCUT2D eigenvalue weighted by Gasteiger charge is 2.22. The Labute approximate surface area is 119 Å². The minimum atomic E-state index is -0.686. The molecule has 0 radical (unpaired) electrons. The maximum Gasteiger partial charge on any atom is 0.407 e. The molecule has 20 heavy (non-hydrogen) atoms. The van der Waals surface area contributed by atoms with Crippen molar-refractivity contribution in [2.45, 2.75) is 32.7 Å². The number of hydrogen-bond acceptors (Lipinski definition) is 4. The number of carbonyl (C=O) groups excluding carboxylic acids is 2. The van der Waals surface area contributed by atoms with Gasteiger partial charge in [-0.15, -0.1) is 0 Å². The normalized spacial score (nSPS) is 11.5. The fraction of sp³-hybridized carbons (Fsp3) is 0.467. The Balaban J connectivity index is 2.57. The summed E-state index contributed by atoms with van der Waals surface area (Å²) in [6.07, 6.45) is 0.553. The standard InChI is InChI=1S/C15H21NO4/c1-3-19-14(17)13(16-15(18)20-4-2)11-10-12-8-6-5-7-9-12/h5-9,13H,3-4,10-11H2,1-2H3,(H,16,18). The van der Waals surface area contributed by atoms with Gasteiger partial charge in [-0.1, -0.05) is 30.3 Å². The third-order valence-corrected chi connectivity index (χ3v) is 2.70. The molecule has 1 N–H and O–H groups in total. The first-order valence-electron chi connectivity index (χ1n) is 6.81. The summed E-state index contributed by atoms with van der Waals surface area (Å²) < 4.78 is 9.76. The van der Waals surface area contributed by atoms with E-state index in [0.717, 1.165) is 5.56 Å². The Morgan fingerprint density at radius 1 is 1.10 bits per heavy atom. The first-order chi connectivity index (χ1) is 9.67. The predicted octanol–water partition coefficient (Wildman–Crippen LogP) is 2.30. The molecule has 0 fully saturated rings. The number of rotatable bonds is 7. The molecule has 0 bridgehead atoms. The number of nitrogens with one attached hydrogen (secondary N) is 1. The van der Waals surface area contributed by atoms with Gasteiger partial charge in [0.1, 0.15) is 6.04 Å². The number of aryl methyl sites for hydroxylation is 1. The van der Waals surface area contributed by atoms with Crippen molar-refractivity contribution >= 4 is 12.1 Å². The van der Waals surface area contributed by atoms with E-state index in [-0.39, 0.29) is 13.2 Å². The van der Waals surface area contributed by atoms with E-state index in [0.29, 0.717) is 12.8 Å². The topological polar surface area (TPSA) is 64.6 Å². The first kappa shape index (κ1) is 16.0. The maximum absolute atomic E-state index is 11.8. The second kappa shape index (κ2) is 8.96. The van der Waals surface area contributed by atoms with Gasteiger partial charge in [-0.05, 0) is 32.3 Å². The molecule has 0 heterocycles. The average molecular weight is 279 g/mol. The van der Waals surface area contributed by atoms with Gasteiger partial charge in [0.2, 0.25) is 0 Å². The monoisotopic (exact) mass is 279 g/mol. The van der Waals surface area contributed by atoms with Gasteiger partial charge in [0.25, 0.3) is 0 Å². The number of alkyl carbamates (subject to hydrolysis) is 1. The number of ether oxygens (including phenoxy) is 2. The Bertz CT molecular complexity index is 419. The van der Waals surface area contributed by atoms with E-state index in [1.807, 2.05) is 30.3 Å². The molecular weight excluding hydrogens is 258 g/mol. The number of hydrogen-bond donors (Lipinski definition) is 1. The molecule has 1 unspecified atom stereocenters. The highest BCUT2D eigenvalue weighted by molar-refractivity contribution is 5.81. The molecule has 1 rings (SSSR count). The molecular formula is C15H21NO4. The van der Waals surface area contributed by atoms with Crippen molar-refractivity contribution in [3.8, 4) is 0 Å². The maximum atomic E-state index is 11.8. The largest absolute Gasteiger partial charge is 0.464 e. The SMILES string of the molecule is CCOC(=O)NC(CCc1ccccc1)C(=O)OCC. The Morgan fingerprint density at radius 2 is 1.75 bits per heavy atom. The zero-order valence-corrected chi connectivity index (χ0v) is 11.9. The average Bonchev–Trinajstić information content (AvgIpc) is 2.45. The molecule has 1 aromatic rings. The van der Waals surface area contributed by atoms with Crippen LogP contribution in [-0.4, -0.2) is 31.3 Å². The van der Waals surface area contributed by atoms with Crippen LogP contribution in [0, 0.1) is 0 Å². The van der Waals surface area contributed by atoms with E-state index in [1.54, 1.807) is 13.8 Å². The summed E-state index contributed by atoms with van der Waals surface area (Å²) in [6.45, 7) is 3.99. The summed E-state index contributed by atoms with van der Waals surface area (Å²) in [6, 6.07) is 9.08. The minimum absolute atomic E-state index is 0.264. The molecule has 110 valence electrons. The molecule has 0 saturated carbocycles. The second-order valence-corrected chi connectivity index (χ2v) is 4.19. The van der Waals surface area contributed by atoms with E-state index >= 15 is 0 Å². The van der Waals surface area contributed by atoms with Gasteiger partial charge in [-0.3, -0.25) is 0 Å². The van der Waals surface area contributed by atoms with Crippen molar-refractivity contribution in [2.75, 3.05) is 13.2 Å². The van der Waals surface area contributed by atoms with E-state index in [4.69, 9.17) is 9.47 Å². The molecule has 0 aliphatic rings. The summed E-state index contributed by atoms with van der Waals surface area (Å²) in [5.74, 6) is -0.434. The summed E-state index contributed by atoms with van der Waals surface area (Å²) in [4.78, 5) is 23.2. The van der Waals surface area contributed by atoms with Gasteiger partial charge in [0.05, 0.1) is 13.2 Å². The molecule has 0 spiro atoms. The van der Waals surface area contributed by atoms with E-state index < -0.39 is 18.1 Å². The van der Waals surface area contributed by atoms with E-state index in [2.05, 4.69) is 5.32 Å². The van der Waals surface area contributed by atoms with Crippen LogP contribution in [0.3, 0.4) is 0 Å². The fourth-order valence-corrected chi connectivity index (χ4v) is 1.76. The van der Waals surface area contributed by atoms with Gasteiger partial charge in [0.15, 0.2) is 0 Å². The van der Waals surface area contributed by atoms with Gasteiger partial charge in [-0.2, -0.15) is 0 Å². The van der Waals surface area contributed by atoms with Crippen LogP contribution in [0.25, 0.3) is 0 Å². The lowest BCUT2D eigenvalue weighted by molar-refractivity contribution is -0.145. The summed E-state index contributed by atoms with van der Waals surface area (Å²) in [7, 11) is 0. The zero-order valence-electron chi connectivity index (χ0n) is 11.9. The predicted molar refractivity (Wildman–Crippen MR) is 75.3 cm³/mol. The Hall–Kier alpha value is -2.04. The fourth-order valence-electron chi connectivity index (χ4n) is 1.76. The van der Waals surface area contributed by atoms with Crippen molar-refractivity contribution in [3.63, 3.8) is 0 Å². The minimum Gasteiger partial charge on any atom is -0.464 e. The van der Waals surface area contributed by atoms with Crippen molar-refractivity contribution in [1.82, 2.24) is 5.32 Å². The first-order valence-corrected chi connectivity index (χ1v) is 6.81. The number of carbonyl (C=O) groups is 2. The van der Waals surface area contributed by atoms with Gasteiger partial charge in [-0.25, -0.2) is 9.59 Å². The summed E-state index contributed by atoms with van der Waals surface area (Å²) in [5, 5.41) is 2.54. The third kappa shape index (κ3) is 5.73. The lowest BCUT2D eigenvalue weighted by Gasteiger charge is -2.16. The van der Waals surface area contributed by atoms with Crippen LogP contribution in [0.2, 0.25) is 0 Å². The Kier molecular flexibility index (Phi) is 7.17. The van der Waals surface area contributed by atoms with Crippen molar-refractivity contribution in [3.05, 3.63) is 35.9 Å². The molecule has 5 nitrogen and oxygen atoms in total. The van der Waals surface area contributed by atoms with Crippen LogP contribution in [0.1, 0.15) is 25.8 Å². The van der Waals surface area contributed by atoms with Crippen LogP contribution in [0.4, 0.5) is 4.79 Å². The number of esters is 1. The molecule has 0 aromatic heterocycles. The molecule has 5 heteroatoms. The number of benzene rings is 1. The number of amides is 1. The van der Waals surface area contributed by atoms with Crippen molar-refractivity contribution in [1.29, 1.82) is 0 Å². The molecule has 0 saturated heterocycles. The quantitative estimate of drug-likeness (QED) is 0.778. The van der Waals surface area contributed by atoms with Crippen LogP contribution >= 0.6 is 0 Å². The smallest absolute Gasteiger partial charge is 0.407 e. The van der Waals surface area contributed by atoms with Crippen molar-refractivity contribution < 1.29 is 19.1 Å². The molecule has 0 aliphatic carbocycles. The Morgan fingerprint density at radius 3 is 2.35 bits per heavy atom. The molecule has 1 atom stereocenters. The van der Waals surface area contributed by atoms with Crippen LogP contribution < -0.4 is 5.32 Å². The third-order valence-electron chi connectivity index (χ3n) is 2.70. The van der Waals surface area contributed by atoms with Gasteiger partial charge in [0, 0.05) is 0 Å².